The van der Waals surface area contributed by atoms with E-state index in [-0.39, 0.29) is 12.2 Å². The first-order valence-corrected chi connectivity index (χ1v) is 6.44. The molecule has 0 aromatic heterocycles. The van der Waals surface area contributed by atoms with Crippen LogP contribution >= 0.6 is 0 Å². The van der Waals surface area contributed by atoms with Crippen molar-refractivity contribution in [3.63, 3.8) is 0 Å². The van der Waals surface area contributed by atoms with E-state index >= 15 is 0 Å². The van der Waals surface area contributed by atoms with Crippen molar-refractivity contribution in [1.29, 1.82) is 5.26 Å². The summed E-state index contributed by atoms with van der Waals surface area (Å²) in [6.07, 6.45) is 0.264. The van der Waals surface area contributed by atoms with Crippen LogP contribution < -0.4 is 10.6 Å². The molecule has 0 amide bonds. The molecule has 0 radical (unpaired) electrons. The minimum absolute atomic E-state index is 0.264. The molecule has 3 nitrogen and oxygen atoms in total. The summed E-state index contributed by atoms with van der Waals surface area (Å²) in [6.45, 7) is 2.69. The van der Waals surface area contributed by atoms with Crippen LogP contribution in [0.15, 0.2) is 42.5 Å². The molecule has 2 N–H and O–H groups in total. The maximum absolute atomic E-state index is 13.4. The van der Waals surface area contributed by atoms with Crippen LogP contribution in [0.1, 0.15) is 12.5 Å². The number of hydrogen-bond donors (Lipinski definition) is 1. The first-order valence-electron chi connectivity index (χ1n) is 6.44. The van der Waals surface area contributed by atoms with Gasteiger partial charge >= 0.3 is 0 Å². The van der Waals surface area contributed by atoms with E-state index in [0.29, 0.717) is 12.2 Å². The Morgan fingerprint density at radius 2 is 1.95 bits per heavy atom. The van der Waals surface area contributed by atoms with Crippen molar-refractivity contribution in [1.82, 2.24) is 0 Å². The quantitative estimate of drug-likeness (QED) is 0.862. The number of nitriles is 1. The molecule has 2 aromatic carbocycles. The fourth-order valence-corrected chi connectivity index (χ4v) is 2.16. The third kappa shape index (κ3) is 2.89. The lowest BCUT2D eigenvalue weighted by Crippen LogP contribution is -2.16. The van der Waals surface area contributed by atoms with Gasteiger partial charge in [0, 0.05) is 23.6 Å². The molecule has 0 atom stereocenters. The van der Waals surface area contributed by atoms with E-state index in [1.54, 1.807) is 12.1 Å². The minimum Gasteiger partial charge on any atom is -0.398 e. The van der Waals surface area contributed by atoms with Gasteiger partial charge in [-0.05, 0) is 48.9 Å². The summed E-state index contributed by atoms with van der Waals surface area (Å²) in [4.78, 5) is 1.98. The second-order valence-electron chi connectivity index (χ2n) is 4.44. The summed E-state index contributed by atoms with van der Waals surface area (Å²) in [5.41, 5.74) is 8.92. The second kappa shape index (κ2) is 6.07. The number of benzene rings is 2. The van der Waals surface area contributed by atoms with Gasteiger partial charge in [-0.3, -0.25) is 0 Å². The number of halogens is 1. The van der Waals surface area contributed by atoms with Gasteiger partial charge in [0.25, 0.3) is 0 Å². The first kappa shape index (κ1) is 13.9. The molecule has 20 heavy (non-hydrogen) atoms. The maximum Gasteiger partial charge on any atom is 0.125 e. The normalized spacial score (nSPS) is 10.1. The molecule has 0 aliphatic rings. The van der Waals surface area contributed by atoms with E-state index in [1.807, 2.05) is 30.0 Å². The van der Waals surface area contributed by atoms with Crippen molar-refractivity contribution in [3.05, 3.63) is 53.8 Å². The van der Waals surface area contributed by atoms with Gasteiger partial charge in [0.05, 0.1) is 12.5 Å². The van der Waals surface area contributed by atoms with Crippen molar-refractivity contribution in [3.8, 4) is 6.07 Å². The number of anilines is 3. The van der Waals surface area contributed by atoms with Crippen molar-refractivity contribution in [2.45, 2.75) is 13.3 Å². The first-order chi connectivity index (χ1) is 9.65. The van der Waals surface area contributed by atoms with E-state index in [9.17, 15) is 4.39 Å². The van der Waals surface area contributed by atoms with Crippen LogP contribution in [-0.4, -0.2) is 6.54 Å². The number of nitrogen functional groups attached to an aromatic ring is 1. The van der Waals surface area contributed by atoms with Crippen LogP contribution in [0.5, 0.6) is 0 Å². The van der Waals surface area contributed by atoms with Gasteiger partial charge in [-0.2, -0.15) is 5.26 Å². The van der Waals surface area contributed by atoms with Crippen molar-refractivity contribution in [2.75, 3.05) is 17.2 Å². The highest BCUT2D eigenvalue weighted by Crippen LogP contribution is 2.28. The molecule has 0 heterocycles. The van der Waals surface area contributed by atoms with Crippen LogP contribution in [0.25, 0.3) is 0 Å². The Morgan fingerprint density at radius 1 is 1.20 bits per heavy atom. The predicted molar refractivity (Wildman–Crippen MR) is 79.3 cm³/mol. The third-order valence-electron chi connectivity index (χ3n) is 3.14. The Kier molecular flexibility index (Phi) is 4.21. The van der Waals surface area contributed by atoms with Crippen LogP contribution in [0.4, 0.5) is 21.5 Å². The van der Waals surface area contributed by atoms with Crippen molar-refractivity contribution in [2.24, 2.45) is 0 Å². The lowest BCUT2D eigenvalue weighted by Gasteiger charge is -2.24. The summed E-state index contributed by atoms with van der Waals surface area (Å²) in [7, 11) is 0. The average molecular weight is 269 g/mol. The molecular weight excluding hydrogens is 253 g/mol. The maximum atomic E-state index is 13.4. The Labute approximate surface area is 118 Å². The molecule has 0 bridgehead atoms. The Hall–Kier alpha value is -2.54. The smallest absolute Gasteiger partial charge is 0.125 e. The monoisotopic (exact) mass is 269 g/mol. The molecule has 0 spiro atoms. The summed E-state index contributed by atoms with van der Waals surface area (Å²) in [5.74, 6) is -0.270. The van der Waals surface area contributed by atoms with Crippen LogP contribution in [-0.2, 0) is 6.42 Å². The molecule has 0 aliphatic carbocycles. The van der Waals surface area contributed by atoms with Gasteiger partial charge in [0.2, 0.25) is 0 Å². The molecule has 0 aliphatic heterocycles. The summed E-state index contributed by atoms with van der Waals surface area (Å²) in [5, 5.41) is 8.82. The largest absolute Gasteiger partial charge is 0.398 e. The minimum atomic E-state index is -0.270. The van der Waals surface area contributed by atoms with Gasteiger partial charge < -0.3 is 10.6 Å². The van der Waals surface area contributed by atoms with Crippen molar-refractivity contribution >= 4 is 17.1 Å². The van der Waals surface area contributed by atoms with Gasteiger partial charge in [-0.15, -0.1) is 0 Å². The van der Waals surface area contributed by atoms with E-state index in [0.717, 1.165) is 16.9 Å². The number of rotatable bonds is 4. The topological polar surface area (TPSA) is 53.0 Å². The molecule has 0 unspecified atom stereocenters. The molecule has 4 heteroatoms. The highest BCUT2D eigenvalue weighted by Gasteiger charge is 2.10. The van der Waals surface area contributed by atoms with E-state index in [2.05, 4.69) is 6.07 Å². The zero-order valence-corrected chi connectivity index (χ0v) is 11.3. The van der Waals surface area contributed by atoms with Gasteiger partial charge in [-0.1, -0.05) is 6.07 Å². The number of hydrogen-bond acceptors (Lipinski definition) is 3. The average Bonchev–Trinajstić information content (AvgIpc) is 2.43. The van der Waals surface area contributed by atoms with Crippen molar-refractivity contribution < 1.29 is 4.39 Å². The molecule has 102 valence electrons. The predicted octanol–water partition coefficient (Wildman–Crippen LogP) is 3.63. The lowest BCUT2D eigenvalue weighted by molar-refractivity contribution is 0.627. The molecule has 0 saturated carbocycles. The SMILES string of the molecule is CCN(c1cccc(F)c1)c1ccc(N)c(CC#N)c1. The fourth-order valence-electron chi connectivity index (χ4n) is 2.16. The summed E-state index contributed by atoms with van der Waals surface area (Å²) < 4.78 is 13.4. The molecule has 2 rings (SSSR count). The van der Waals surface area contributed by atoms with E-state index in [4.69, 9.17) is 11.0 Å². The van der Waals surface area contributed by atoms with Crippen LogP contribution in [0.2, 0.25) is 0 Å². The molecule has 0 saturated heterocycles. The third-order valence-corrected chi connectivity index (χ3v) is 3.14. The highest BCUT2D eigenvalue weighted by atomic mass is 19.1. The van der Waals surface area contributed by atoms with E-state index < -0.39 is 0 Å². The zero-order chi connectivity index (χ0) is 14.5. The summed E-state index contributed by atoms with van der Waals surface area (Å²) in [6, 6.07) is 14.1. The Morgan fingerprint density at radius 3 is 2.60 bits per heavy atom. The van der Waals surface area contributed by atoms with Gasteiger partial charge in [0.1, 0.15) is 5.82 Å². The Balaban J connectivity index is 2.42. The van der Waals surface area contributed by atoms with Gasteiger partial charge in [0.15, 0.2) is 0 Å². The zero-order valence-electron chi connectivity index (χ0n) is 11.3. The Bertz CT molecular complexity index is 646. The van der Waals surface area contributed by atoms with Gasteiger partial charge in [-0.25, -0.2) is 4.39 Å². The fraction of sp³-hybridized carbons (Fsp3) is 0.188. The van der Waals surface area contributed by atoms with Crippen LogP contribution in [0.3, 0.4) is 0 Å². The molecule has 0 fully saturated rings. The molecule has 2 aromatic rings. The standard InChI is InChI=1S/C16H16FN3/c1-2-20(14-5-3-4-13(17)11-14)15-6-7-16(19)12(10-15)8-9-18/h3-7,10-11H,2,8,19H2,1H3. The number of nitrogens with two attached hydrogens (primary N) is 1. The van der Waals surface area contributed by atoms with Crippen LogP contribution in [0, 0.1) is 17.1 Å². The summed E-state index contributed by atoms with van der Waals surface area (Å²) >= 11 is 0. The molecular formula is C16H16FN3. The second-order valence-corrected chi connectivity index (χ2v) is 4.44. The highest BCUT2D eigenvalue weighted by molar-refractivity contribution is 5.67. The lowest BCUT2D eigenvalue weighted by atomic mass is 10.1. The van der Waals surface area contributed by atoms with E-state index in [1.165, 1.54) is 12.1 Å². The number of nitrogens with zero attached hydrogens (tertiary/aromatic N) is 2.